The number of nitrogens with zero attached hydrogens (tertiary/aromatic N) is 3. The lowest BCUT2D eigenvalue weighted by molar-refractivity contribution is -0.126. The fraction of sp³-hybridized carbons (Fsp3) is 0.561. The minimum absolute atomic E-state index is 0.0358. The molecule has 0 spiro atoms. The maximum absolute atomic E-state index is 14.2. The van der Waals surface area contributed by atoms with Gasteiger partial charge in [0.1, 0.15) is 64.7 Å². The molecule has 0 aliphatic carbocycles. The number of methoxy groups -OCH3 is 2. The van der Waals surface area contributed by atoms with Gasteiger partial charge in [0.05, 0.1) is 20.3 Å². The van der Waals surface area contributed by atoms with Crippen LogP contribution in [0.15, 0.2) is 101 Å². The number of hydrogen-bond acceptors (Lipinski definition) is 11. The van der Waals surface area contributed by atoms with Crippen LogP contribution in [0.3, 0.4) is 0 Å². The predicted molar refractivity (Wildman–Crippen MR) is 298 cm³/mol. The normalized spacial score (nSPS) is 18.4. The Bertz CT molecular complexity index is 2470. The van der Waals surface area contributed by atoms with Crippen LogP contribution < -0.4 is 20.7 Å². The number of aromatic nitrogens is 2. The van der Waals surface area contributed by atoms with Crippen LogP contribution in [0.4, 0.5) is 0 Å². The van der Waals surface area contributed by atoms with Crippen LogP contribution in [0, 0.1) is 22.8 Å². The Morgan fingerprint density at radius 1 is 0.753 bits per heavy atom. The number of rotatable bonds is 26. The van der Waals surface area contributed by atoms with Crippen molar-refractivity contribution in [3.8, 4) is 29.0 Å². The Hall–Kier alpha value is -4.39. The SMILES string of the molecule is CC[Si](C#C[C@@H](OC(c1ccccc1)(c1ccc(OC)cc1)c1ccc(OC)cc1)[C@H]1O[C@@H](n2ccc(=O)[nH]c2=O)[C@H](OCO[Si](C(C)C)(C(C)C)C(C)C)[C@@H]1OP(CCC#N)N(C(C)C)C(C)C)(CC)CC. The molecule has 6 atom stereocenters. The number of aromatic amines is 1. The number of nitrogens with one attached hydrogen (secondary N) is 1. The molecule has 4 aromatic rings. The van der Waals surface area contributed by atoms with Gasteiger partial charge in [-0.15, -0.1) is 5.54 Å². The molecule has 1 aliphatic rings. The monoisotopic (exact) mass is 1050 g/mol. The average Bonchev–Trinajstić information content (AvgIpc) is 3.72. The van der Waals surface area contributed by atoms with E-state index in [9.17, 15) is 14.9 Å². The van der Waals surface area contributed by atoms with Gasteiger partial charge in [0, 0.05) is 36.9 Å². The topological polar surface area (TPSA) is 147 Å². The molecule has 0 bridgehead atoms. The van der Waals surface area contributed by atoms with E-state index in [-0.39, 0.29) is 41.9 Å². The van der Waals surface area contributed by atoms with Gasteiger partial charge in [-0.25, -0.2) is 4.79 Å². The minimum Gasteiger partial charge on any atom is -0.497 e. The van der Waals surface area contributed by atoms with Crippen molar-refractivity contribution < 1.29 is 32.6 Å². The van der Waals surface area contributed by atoms with Crippen LogP contribution in [0.1, 0.15) is 119 Å². The van der Waals surface area contributed by atoms with Crippen molar-refractivity contribution in [3.63, 3.8) is 0 Å². The maximum atomic E-state index is 14.2. The molecule has 1 saturated heterocycles. The van der Waals surface area contributed by atoms with Crippen molar-refractivity contribution in [1.29, 1.82) is 5.26 Å². The van der Waals surface area contributed by atoms with Gasteiger partial charge in [0.15, 0.2) is 6.23 Å². The Balaban J connectivity index is 1.91. The number of ether oxygens (including phenoxy) is 5. The highest BCUT2D eigenvalue weighted by atomic mass is 31.2. The third kappa shape index (κ3) is 13.4. The maximum Gasteiger partial charge on any atom is 0.330 e. The number of benzene rings is 3. The zero-order chi connectivity index (χ0) is 53.7. The lowest BCUT2D eigenvalue weighted by Crippen LogP contribution is -2.50. The van der Waals surface area contributed by atoms with Gasteiger partial charge in [-0.05, 0) is 103 Å². The first-order chi connectivity index (χ1) is 34.8. The molecule has 16 heteroatoms. The summed E-state index contributed by atoms with van der Waals surface area (Å²) in [5.74, 6) is 5.13. The third-order valence-corrected chi connectivity index (χ3v) is 28.2. The number of nitriles is 1. The summed E-state index contributed by atoms with van der Waals surface area (Å²) in [6, 6.07) is 32.3. The van der Waals surface area contributed by atoms with Crippen LogP contribution in [0.25, 0.3) is 0 Å². The molecule has 5 rings (SSSR count). The van der Waals surface area contributed by atoms with Crippen LogP contribution in [0.5, 0.6) is 11.5 Å². The van der Waals surface area contributed by atoms with Crippen molar-refractivity contribution in [2.75, 3.05) is 27.2 Å². The van der Waals surface area contributed by atoms with E-state index in [0.717, 1.165) is 34.8 Å². The van der Waals surface area contributed by atoms with Gasteiger partial charge in [0.2, 0.25) is 8.32 Å². The zero-order valence-electron chi connectivity index (χ0n) is 46.1. The molecule has 1 N–H and O–H groups in total. The van der Waals surface area contributed by atoms with Gasteiger partial charge in [0.25, 0.3) is 5.56 Å². The van der Waals surface area contributed by atoms with Crippen molar-refractivity contribution in [2.45, 2.75) is 180 Å². The molecule has 73 heavy (non-hydrogen) atoms. The quantitative estimate of drug-likeness (QED) is 0.0211. The van der Waals surface area contributed by atoms with Gasteiger partial charge >= 0.3 is 5.69 Å². The molecule has 398 valence electrons. The molecule has 1 unspecified atom stereocenters. The smallest absolute Gasteiger partial charge is 0.330 e. The summed E-state index contributed by atoms with van der Waals surface area (Å²) in [4.78, 5) is 29.4. The predicted octanol–water partition coefficient (Wildman–Crippen LogP) is 12.1. The fourth-order valence-electron chi connectivity index (χ4n) is 11.0. The fourth-order valence-corrected chi connectivity index (χ4v) is 21.1. The lowest BCUT2D eigenvalue weighted by atomic mass is 9.79. The van der Waals surface area contributed by atoms with Crippen molar-refractivity contribution >= 4 is 24.7 Å². The summed E-state index contributed by atoms with van der Waals surface area (Å²) in [5, 5.41) is 10.1. The van der Waals surface area contributed by atoms with E-state index < -0.39 is 72.2 Å². The summed E-state index contributed by atoms with van der Waals surface area (Å²) in [6.07, 6.45) is -3.10. The first-order valence-electron chi connectivity index (χ1n) is 26.2. The van der Waals surface area contributed by atoms with E-state index in [4.69, 9.17) is 32.6 Å². The van der Waals surface area contributed by atoms with E-state index >= 15 is 0 Å². The Morgan fingerprint density at radius 3 is 1.73 bits per heavy atom. The zero-order valence-corrected chi connectivity index (χ0v) is 49.0. The van der Waals surface area contributed by atoms with Crippen LogP contribution in [-0.2, 0) is 28.8 Å². The summed E-state index contributed by atoms with van der Waals surface area (Å²) >= 11 is 0. The molecule has 13 nitrogen and oxygen atoms in total. The van der Waals surface area contributed by atoms with Crippen LogP contribution in [0.2, 0.25) is 34.8 Å². The molecule has 3 aromatic carbocycles. The molecule has 2 heterocycles. The highest BCUT2D eigenvalue weighted by Gasteiger charge is 2.55. The molecular formula is C57H83N4O9PSi2. The van der Waals surface area contributed by atoms with Crippen LogP contribution in [-0.4, -0.2) is 94.3 Å². The van der Waals surface area contributed by atoms with Gasteiger partial charge in [-0.1, -0.05) is 123 Å². The Kier molecular flexibility index (Phi) is 21.9. The van der Waals surface area contributed by atoms with Gasteiger partial charge in [-0.3, -0.25) is 19.0 Å². The molecule has 1 aromatic heterocycles. The standard InChI is InChI=1S/C57H83N4O9PSi2/c1-16-72(17-2,18-3)38-34-50(69-57(45-23-20-19-21-24-45,46-25-29-48(64-14)30-26-46)47-27-31-49(65-15)32-28-47)52-53(70-71(37-22-35-58)61(40(4)5)41(6)7)54(55(68-52)60-36-33-51(62)59-56(60)63)66-39-67-73(42(8)9,43(10)11)44(12)13/h19-21,23-33,36,40-44,50,52-55H,16-18,22,37,39H2,1-15H3,(H,59,62,63)/t50-,52-,53-,54-,55-,71?/m1/s1. The van der Waals surface area contributed by atoms with Crippen molar-refractivity contribution in [1.82, 2.24) is 14.2 Å². The first kappa shape index (κ1) is 59.5. The van der Waals surface area contributed by atoms with E-state index in [1.807, 2.05) is 66.7 Å². The molecule has 0 saturated carbocycles. The Morgan fingerprint density at radius 2 is 1.27 bits per heavy atom. The molecular weight excluding hydrogens is 972 g/mol. The van der Waals surface area contributed by atoms with E-state index in [0.29, 0.717) is 17.7 Å². The second-order valence-corrected chi connectivity index (χ2v) is 32.7. The average molecular weight is 1060 g/mol. The number of hydrogen-bond donors (Lipinski definition) is 1. The first-order valence-corrected chi connectivity index (χ1v) is 32.4. The van der Waals surface area contributed by atoms with E-state index in [2.05, 4.69) is 129 Å². The Labute approximate surface area is 439 Å². The van der Waals surface area contributed by atoms with Crippen LogP contribution >= 0.6 is 8.30 Å². The summed E-state index contributed by atoms with van der Waals surface area (Å²) in [5.41, 5.74) is 4.52. The highest BCUT2D eigenvalue weighted by Crippen LogP contribution is 2.52. The summed E-state index contributed by atoms with van der Waals surface area (Å²) in [6.45, 7) is 28.4. The second-order valence-electron chi connectivity index (χ2n) is 20.5. The highest BCUT2D eigenvalue weighted by molar-refractivity contribution is 7.50. The third-order valence-electron chi connectivity index (χ3n) is 14.9. The summed E-state index contributed by atoms with van der Waals surface area (Å²) in [7, 11) is -2.98. The molecule has 1 aliphatic heterocycles. The van der Waals surface area contributed by atoms with E-state index in [1.54, 1.807) is 14.2 Å². The van der Waals surface area contributed by atoms with Crippen molar-refractivity contribution in [3.05, 3.63) is 129 Å². The summed E-state index contributed by atoms with van der Waals surface area (Å²) < 4.78 is 52.4. The lowest BCUT2D eigenvalue weighted by Gasteiger charge is -2.43. The van der Waals surface area contributed by atoms with Gasteiger partial charge in [-0.2, -0.15) is 5.26 Å². The largest absolute Gasteiger partial charge is 0.497 e. The number of H-pyrrole nitrogens is 1. The van der Waals surface area contributed by atoms with E-state index in [1.165, 1.54) is 16.8 Å². The molecule has 0 amide bonds. The minimum atomic E-state index is -2.51. The molecule has 1 fully saturated rings. The van der Waals surface area contributed by atoms with Gasteiger partial charge < -0.3 is 32.6 Å². The molecule has 0 radical (unpaired) electrons. The van der Waals surface area contributed by atoms with Crippen molar-refractivity contribution in [2.24, 2.45) is 0 Å². The second kappa shape index (κ2) is 26.9.